The topological polar surface area (TPSA) is 59.0 Å². The van der Waals surface area contributed by atoms with Gasteiger partial charge in [0.05, 0.1) is 11.6 Å². The molecule has 1 atom stereocenters. The lowest BCUT2D eigenvalue weighted by Gasteiger charge is -2.11. The number of rotatable bonds is 5. The number of benzene rings is 2. The van der Waals surface area contributed by atoms with E-state index in [1.54, 1.807) is 6.07 Å². The Kier molecular flexibility index (Phi) is 4.75. The van der Waals surface area contributed by atoms with Crippen LogP contribution in [0.15, 0.2) is 48.5 Å². The van der Waals surface area contributed by atoms with Crippen LogP contribution in [0.2, 0.25) is 0 Å². The molecular formula is C17H18N2O. The first-order chi connectivity index (χ1) is 9.72. The molecule has 0 fully saturated rings. The van der Waals surface area contributed by atoms with E-state index >= 15 is 0 Å². The Labute approximate surface area is 119 Å². The van der Waals surface area contributed by atoms with Crippen LogP contribution in [0.25, 0.3) is 0 Å². The van der Waals surface area contributed by atoms with E-state index < -0.39 is 0 Å². The molecular weight excluding hydrogens is 248 g/mol. The molecule has 0 aromatic heterocycles. The third-order valence-electron chi connectivity index (χ3n) is 3.21. The predicted molar refractivity (Wildman–Crippen MR) is 79.2 cm³/mol. The first-order valence-corrected chi connectivity index (χ1v) is 6.70. The largest absolute Gasteiger partial charge is 0.489 e. The van der Waals surface area contributed by atoms with Crippen molar-refractivity contribution in [2.24, 2.45) is 5.73 Å². The van der Waals surface area contributed by atoms with Crippen molar-refractivity contribution >= 4 is 0 Å². The molecule has 20 heavy (non-hydrogen) atoms. The van der Waals surface area contributed by atoms with Crippen LogP contribution in [0.3, 0.4) is 0 Å². The van der Waals surface area contributed by atoms with Crippen molar-refractivity contribution in [1.82, 2.24) is 0 Å². The summed E-state index contributed by atoms with van der Waals surface area (Å²) in [6, 6.07) is 17.5. The summed E-state index contributed by atoms with van der Waals surface area (Å²) < 4.78 is 5.71. The molecule has 0 saturated heterocycles. The van der Waals surface area contributed by atoms with E-state index in [4.69, 9.17) is 15.7 Å². The molecule has 0 aliphatic heterocycles. The molecule has 0 aliphatic rings. The van der Waals surface area contributed by atoms with Gasteiger partial charge < -0.3 is 10.5 Å². The van der Waals surface area contributed by atoms with Gasteiger partial charge in [0.1, 0.15) is 12.4 Å². The third kappa shape index (κ3) is 3.59. The van der Waals surface area contributed by atoms with Crippen LogP contribution in [0.4, 0.5) is 0 Å². The van der Waals surface area contributed by atoms with Crippen LogP contribution in [-0.2, 0) is 6.61 Å². The molecule has 0 amide bonds. The molecule has 0 bridgehead atoms. The number of hydrogen-bond acceptors (Lipinski definition) is 3. The molecule has 0 spiro atoms. The van der Waals surface area contributed by atoms with Crippen molar-refractivity contribution in [3.63, 3.8) is 0 Å². The van der Waals surface area contributed by atoms with Crippen LogP contribution < -0.4 is 10.5 Å². The summed E-state index contributed by atoms with van der Waals surface area (Å²) in [6.45, 7) is 2.52. The molecule has 3 nitrogen and oxygen atoms in total. The number of nitrogens with two attached hydrogens (primary N) is 1. The van der Waals surface area contributed by atoms with Gasteiger partial charge in [-0.1, -0.05) is 31.2 Å². The fourth-order valence-corrected chi connectivity index (χ4v) is 1.94. The minimum Gasteiger partial charge on any atom is -0.489 e. The van der Waals surface area contributed by atoms with Crippen LogP contribution in [-0.4, -0.2) is 0 Å². The molecule has 0 radical (unpaired) electrons. The maximum atomic E-state index is 8.85. The van der Waals surface area contributed by atoms with Crippen molar-refractivity contribution in [2.75, 3.05) is 0 Å². The van der Waals surface area contributed by atoms with Gasteiger partial charge in [0.2, 0.25) is 0 Å². The van der Waals surface area contributed by atoms with Crippen LogP contribution in [0.1, 0.15) is 36.1 Å². The third-order valence-corrected chi connectivity index (χ3v) is 3.21. The Bertz CT molecular complexity index is 599. The summed E-state index contributed by atoms with van der Waals surface area (Å²) in [6.07, 6.45) is 0.918. The summed E-state index contributed by atoms with van der Waals surface area (Å²) in [7, 11) is 0. The molecule has 2 aromatic rings. The zero-order chi connectivity index (χ0) is 14.4. The van der Waals surface area contributed by atoms with Gasteiger partial charge >= 0.3 is 0 Å². The van der Waals surface area contributed by atoms with Gasteiger partial charge in [0.15, 0.2) is 0 Å². The van der Waals surface area contributed by atoms with Crippen molar-refractivity contribution in [3.05, 3.63) is 65.2 Å². The van der Waals surface area contributed by atoms with E-state index in [0.717, 1.165) is 23.3 Å². The lowest BCUT2D eigenvalue weighted by molar-refractivity contribution is 0.306. The highest BCUT2D eigenvalue weighted by atomic mass is 16.5. The Hall–Kier alpha value is -2.31. The Morgan fingerprint density at radius 1 is 1.20 bits per heavy atom. The van der Waals surface area contributed by atoms with Crippen molar-refractivity contribution in [2.45, 2.75) is 26.0 Å². The quantitative estimate of drug-likeness (QED) is 0.900. The fourth-order valence-electron chi connectivity index (χ4n) is 1.94. The van der Waals surface area contributed by atoms with Gasteiger partial charge in [0, 0.05) is 6.04 Å². The van der Waals surface area contributed by atoms with Gasteiger partial charge in [-0.25, -0.2) is 0 Å². The minimum atomic E-state index is 0.0800. The fraction of sp³-hybridized carbons (Fsp3) is 0.235. The van der Waals surface area contributed by atoms with Gasteiger partial charge in [0.25, 0.3) is 0 Å². The SMILES string of the molecule is CCC(N)c1ccc(OCc2cccc(C#N)c2)cc1. The molecule has 102 valence electrons. The summed E-state index contributed by atoms with van der Waals surface area (Å²) in [5, 5.41) is 8.85. The monoisotopic (exact) mass is 266 g/mol. The Morgan fingerprint density at radius 3 is 2.60 bits per heavy atom. The smallest absolute Gasteiger partial charge is 0.119 e. The number of nitriles is 1. The lowest BCUT2D eigenvalue weighted by atomic mass is 10.1. The van der Waals surface area contributed by atoms with Gasteiger partial charge in [-0.05, 0) is 41.8 Å². The van der Waals surface area contributed by atoms with E-state index in [2.05, 4.69) is 13.0 Å². The van der Waals surface area contributed by atoms with E-state index in [0.29, 0.717) is 12.2 Å². The lowest BCUT2D eigenvalue weighted by Crippen LogP contribution is -2.08. The highest BCUT2D eigenvalue weighted by molar-refractivity contribution is 5.33. The average Bonchev–Trinajstić information content (AvgIpc) is 2.53. The molecule has 0 heterocycles. The maximum Gasteiger partial charge on any atom is 0.119 e. The molecule has 1 unspecified atom stereocenters. The highest BCUT2D eigenvalue weighted by Crippen LogP contribution is 2.19. The Balaban J connectivity index is 1.98. The molecule has 2 aromatic carbocycles. The zero-order valence-corrected chi connectivity index (χ0v) is 11.5. The van der Waals surface area contributed by atoms with Crippen molar-refractivity contribution in [3.8, 4) is 11.8 Å². The van der Waals surface area contributed by atoms with E-state index in [9.17, 15) is 0 Å². The predicted octanol–water partition coefficient (Wildman–Crippen LogP) is 3.55. The molecule has 2 N–H and O–H groups in total. The van der Waals surface area contributed by atoms with E-state index in [1.165, 1.54) is 0 Å². The summed E-state index contributed by atoms with van der Waals surface area (Å²) in [5.74, 6) is 0.805. The van der Waals surface area contributed by atoms with Crippen molar-refractivity contribution < 1.29 is 4.74 Å². The van der Waals surface area contributed by atoms with Gasteiger partial charge in [-0.2, -0.15) is 5.26 Å². The molecule has 0 saturated carbocycles. The minimum absolute atomic E-state index is 0.0800. The Morgan fingerprint density at radius 2 is 1.95 bits per heavy atom. The zero-order valence-electron chi connectivity index (χ0n) is 11.5. The first-order valence-electron chi connectivity index (χ1n) is 6.70. The number of nitrogens with zero attached hydrogens (tertiary/aromatic N) is 1. The van der Waals surface area contributed by atoms with Crippen LogP contribution in [0.5, 0.6) is 5.75 Å². The van der Waals surface area contributed by atoms with Crippen LogP contribution >= 0.6 is 0 Å². The van der Waals surface area contributed by atoms with E-state index in [1.807, 2.05) is 42.5 Å². The number of hydrogen-bond donors (Lipinski definition) is 1. The summed E-state index contributed by atoms with van der Waals surface area (Å²) in [5.41, 5.74) is 8.72. The molecule has 2 rings (SSSR count). The molecule has 3 heteroatoms. The molecule has 0 aliphatic carbocycles. The summed E-state index contributed by atoms with van der Waals surface area (Å²) in [4.78, 5) is 0. The van der Waals surface area contributed by atoms with Gasteiger partial charge in [-0.15, -0.1) is 0 Å². The second-order valence-electron chi connectivity index (χ2n) is 4.68. The second kappa shape index (κ2) is 6.74. The first kappa shape index (κ1) is 14.1. The van der Waals surface area contributed by atoms with E-state index in [-0.39, 0.29) is 6.04 Å². The summed E-state index contributed by atoms with van der Waals surface area (Å²) >= 11 is 0. The van der Waals surface area contributed by atoms with Gasteiger partial charge in [-0.3, -0.25) is 0 Å². The maximum absolute atomic E-state index is 8.85. The van der Waals surface area contributed by atoms with Crippen LogP contribution in [0, 0.1) is 11.3 Å². The standard InChI is InChI=1S/C17H18N2O/c1-2-17(19)15-6-8-16(9-7-15)20-12-14-5-3-4-13(10-14)11-18/h3-10,17H,2,12,19H2,1H3. The normalized spacial score (nSPS) is 11.7. The van der Waals surface area contributed by atoms with Crippen molar-refractivity contribution in [1.29, 1.82) is 5.26 Å². The average molecular weight is 266 g/mol. The highest BCUT2D eigenvalue weighted by Gasteiger charge is 2.03. The number of ether oxygens (including phenoxy) is 1. The second-order valence-corrected chi connectivity index (χ2v) is 4.68.